The largest absolute Gasteiger partial charge is 0.870 e. The molecule has 1 radical (unpaired) electrons. The van der Waals surface area contributed by atoms with Crippen LogP contribution in [0.5, 0.6) is 0 Å². The van der Waals surface area contributed by atoms with Gasteiger partial charge in [0.2, 0.25) is 0 Å². The summed E-state index contributed by atoms with van der Waals surface area (Å²) < 4.78 is 0. The molecule has 0 unspecified atom stereocenters. The molecule has 0 aliphatic carbocycles. The third-order valence-electron chi connectivity index (χ3n) is 1.22. The molecule has 0 saturated heterocycles. The summed E-state index contributed by atoms with van der Waals surface area (Å²) in [6.07, 6.45) is 0. The van der Waals surface area contributed by atoms with Gasteiger partial charge < -0.3 is 5.48 Å². The van der Waals surface area contributed by atoms with E-state index in [-0.39, 0.29) is 56.9 Å². The molecule has 0 aromatic heterocycles. The fourth-order valence-electron chi connectivity index (χ4n) is 0.612. The Morgan fingerprint density at radius 3 is 1.11 bits per heavy atom. The smallest absolute Gasteiger partial charge is 0.105 e. The van der Waals surface area contributed by atoms with Gasteiger partial charge in [-0.25, -0.2) is 0 Å². The predicted octanol–water partition coefficient (Wildman–Crippen LogP) is 1.11. The maximum Gasteiger partial charge on any atom is 0.105 e. The topological polar surface area (TPSA) is 30.0 Å². The van der Waals surface area contributed by atoms with Crippen molar-refractivity contribution in [2.75, 3.05) is 17.3 Å². The second-order valence-corrected chi connectivity index (χ2v) is 4.44. The molecule has 0 heterocycles. The summed E-state index contributed by atoms with van der Waals surface area (Å²) in [7, 11) is 0.755. The Hall–Kier alpha value is 1.95. The van der Waals surface area contributed by atoms with Crippen molar-refractivity contribution < 1.29 is 5.48 Å². The van der Waals surface area contributed by atoms with Gasteiger partial charge in [-0.3, -0.25) is 0 Å². The van der Waals surface area contributed by atoms with E-state index in [9.17, 15) is 0 Å². The third kappa shape index (κ3) is 9.95. The normalized spacial score (nSPS) is 8.00. The van der Waals surface area contributed by atoms with E-state index in [4.69, 9.17) is 0 Å². The number of hydrogen-bond donors (Lipinski definition) is 0. The molecule has 0 atom stereocenters. The zero-order valence-corrected chi connectivity index (χ0v) is 10.9. The first kappa shape index (κ1) is 17.1. The van der Waals surface area contributed by atoms with Gasteiger partial charge in [-0.2, -0.15) is 0 Å². The molecule has 0 aliphatic rings. The van der Waals surface area contributed by atoms with E-state index in [1.54, 1.807) is 0 Å². The van der Waals surface area contributed by atoms with E-state index in [0.29, 0.717) is 0 Å². The molecular formula is C6H16KOS. The van der Waals surface area contributed by atoms with E-state index in [0.717, 1.165) is 10.9 Å². The first-order chi connectivity index (χ1) is 3.35. The summed E-state index contributed by atoms with van der Waals surface area (Å²) in [5.74, 6) is 4.15. The van der Waals surface area contributed by atoms with Gasteiger partial charge in [0.1, 0.15) is 17.3 Å². The summed E-state index contributed by atoms with van der Waals surface area (Å²) in [5.41, 5.74) is 0. The van der Waals surface area contributed by atoms with Gasteiger partial charge in [-0.05, 0) is 31.7 Å². The van der Waals surface area contributed by atoms with Crippen LogP contribution in [-0.2, 0) is 10.9 Å². The van der Waals surface area contributed by atoms with E-state index in [1.165, 1.54) is 17.3 Å². The van der Waals surface area contributed by atoms with Crippen LogP contribution < -0.4 is 0 Å². The monoisotopic (exact) mass is 175 g/mol. The van der Waals surface area contributed by atoms with Gasteiger partial charge in [0.25, 0.3) is 0 Å². The fraction of sp³-hybridized carbons (Fsp3) is 1.00. The second-order valence-electron chi connectivity index (χ2n) is 1.48. The van der Waals surface area contributed by atoms with Crippen molar-refractivity contribution in [1.82, 2.24) is 0 Å². The van der Waals surface area contributed by atoms with Crippen LogP contribution in [0.2, 0.25) is 0 Å². The van der Waals surface area contributed by atoms with Crippen LogP contribution in [0.25, 0.3) is 0 Å². The minimum absolute atomic E-state index is 0. The van der Waals surface area contributed by atoms with Crippen molar-refractivity contribution in [3.8, 4) is 0 Å². The van der Waals surface area contributed by atoms with Crippen molar-refractivity contribution in [3.05, 3.63) is 0 Å². The third-order valence-corrected chi connectivity index (χ3v) is 3.67. The molecule has 0 fully saturated rings. The molecule has 0 aliphatic heterocycles. The summed E-state index contributed by atoms with van der Waals surface area (Å²) in [6, 6.07) is 0. The van der Waals surface area contributed by atoms with Gasteiger partial charge in [-0.1, -0.05) is 0 Å². The number of hydrogen-bond acceptors (Lipinski definition) is 1. The second kappa shape index (κ2) is 12.6. The first-order valence-corrected chi connectivity index (χ1v) is 4.72. The van der Waals surface area contributed by atoms with Crippen molar-refractivity contribution in [2.45, 2.75) is 20.8 Å². The predicted molar refractivity (Wildman–Crippen MR) is 46.7 cm³/mol. The molecule has 0 amide bonds. The summed E-state index contributed by atoms with van der Waals surface area (Å²) in [6.45, 7) is 6.82. The summed E-state index contributed by atoms with van der Waals surface area (Å²) in [4.78, 5) is 0. The Kier molecular flexibility index (Phi) is 24.0. The molecule has 0 rings (SSSR count). The minimum atomic E-state index is 0. The average Bonchev–Trinajstić information content (AvgIpc) is 1.72. The molecule has 0 spiro atoms. The zero-order valence-electron chi connectivity index (χ0n) is 6.98. The van der Waals surface area contributed by atoms with Crippen molar-refractivity contribution in [2.24, 2.45) is 0 Å². The van der Waals surface area contributed by atoms with E-state index >= 15 is 0 Å². The summed E-state index contributed by atoms with van der Waals surface area (Å²) >= 11 is 0. The van der Waals surface area contributed by atoms with E-state index in [2.05, 4.69) is 20.8 Å². The molecule has 0 aromatic carbocycles. The van der Waals surface area contributed by atoms with Crippen LogP contribution in [0.1, 0.15) is 20.8 Å². The Bertz CT molecular complexity index is 34.5. The molecule has 1 N–H and O–H groups in total. The Labute approximate surface area is 104 Å². The quantitative estimate of drug-likeness (QED) is 0.467. The van der Waals surface area contributed by atoms with Gasteiger partial charge in [-0.15, -0.1) is 0 Å². The maximum atomic E-state index is 2.27. The van der Waals surface area contributed by atoms with Crippen molar-refractivity contribution in [1.29, 1.82) is 0 Å². The van der Waals surface area contributed by atoms with Gasteiger partial charge in [0.05, 0.1) is 0 Å². The molecule has 0 aromatic rings. The standard InChI is InChI=1S/C6H15S.K.H2O/c1-4-7(5-2)6-3;;/h4-6H2,1-3H3;;1H2/q+1;;/p-1. The van der Waals surface area contributed by atoms with Crippen LogP contribution in [0, 0.1) is 0 Å². The van der Waals surface area contributed by atoms with E-state index in [1.807, 2.05) is 0 Å². The van der Waals surface area contributed by atoms with Crippen molar-refractivity contribution >= 4 is 62.3 Å². The maximum absolute atomic E-state index is 2.27. The van der Waals surface area contributed by atoms with Crippen LogP contribution in [0.4, 0.5) is 0 Å². The Morgan fingerprint density at radius 1 is 0.889 bits per heavy atom. The van der Waals surface area contributed by atoms with Crippen LogP contribution in [-0.4, -0.2) is 74.1 Å². The minimum Gasteiger partial charge on any atom is -0.870 e. The van der Waals surface area contributed by atoms with Crippen LogP contribution in [0.3, 0.4) is 0 Å². The Balaban J connectivity index is -0.000000180. The molecule has 9 heavy (non-hydrogen) atoms. The number of rotatable bonds is 3. The van der Waals surface area contributed by atoms with Crippen molar-refractivity contribution in [3.63, 3.8) is 0 Å². The summed E-state index contributed by atoms with van der Waals surface area (Å²) in [5, 5.41) is 0. The molecular weight excluding hydrogens is 159 g/mol. The Morgan fingerprint density at radius 2 is 1.11 bits per heavy atom. The first-order valence-electron chi connectivity index (χ1n) is 2.99. The molecule has 1 nitrogen and oxygen atoms in total. The SMILES string of the molecule is CC[S+](CC)CC.[K].[OH-]. The van der Waals surface area contributed by atoms with Crippen LogP contribution >= 0.6 is 0 Å². The average molecular weight is 175 g/mol. The molecule has 53 valence electrons. The van der Waals surface area contributed by atoms with Crippen LogP contribution in [0.15, 0.2) is 0 Å². The molecule has 0 saturated carbocycles. The van der Waals surface area contributed by atoms with E-state index < -0.39 is 0 Å². The van der Waals surface area contributed by atoms with Gasteiger partial charge in [0, 0.05) is 51.4 Å². The van der Waals surface area contributed by atoms with Gasteiger partial charge in [0.15, 0.2) is 0 Å². The van der Waals surface area contributed by atoms with Gasteiger partial charge >= 0.3 is 0 Å². The molecule has 0 bridgehead atoms. The zero-order chi connectivity index (χ0) is 5.70. The fourth-order valence-corrected chi connectivity index (χ4v) is 1.84. The molecule has 3 heteroatoms.